The van der Waals surface area contributed by atoms with E-state index in [2.05, 4.69) is 11.6 Å². The normalized spacial score (nSPS) is 10.6. The molecule has 3 rings (SSSR count). The highest BCUT2D eigenvalue weighted by Gasteiger charge is 2.11. The molecule has 35 heavy (non-hydrogen) atoms. The van der Waals surface area contributed by atoms with Crippen molar-refractivity contribution >= 4 is 5.97 Å². The monoisotopic (exact) mass is 477 g/mol. The lowest BCUT2D eigenvalue weighted by Crippen LogP contribution is -2.09. The largest absolute Gasteiger partial charge is 0.494 e. The van der Waals surface area contributed by atoms with Gasteiger partial charge in [-0.2, -0.15) is 0 Å². The molecule has 184 valence electrons. The Balaban J connectivity index is 1.30. The Morgan fingerprint density at radius 2 is 1.49 bits per heavy atom. The third kappa shape index (κ3) is 8.89. The Morgan fingerprint density at radius 1 is 0.857 bits per heavy atom. The second-order valence-electron chi connectivity index (χ2n) is 8.35. The molecular formula is C29H32FNO4. The van der Waals surface area contributed by atoms with Crippen molar-refractivity contribution in [3.05, 3.63) is 85.0 Å². The number of esters is 1. The summed E-state index contributed by atoms with van der Waals surface area (Å²) in [5.74, 6) is 0.251. The molecule has 0 aliphatic heterocycles. The van der Waals surface area contributed by atoms with Gasteiger partial charge < -0.3 is 14.2 Å². The van der Waals surface area contributed by atoms with Crippen LogP contribution < -0.4 is 14.2 Å². The quantitative estimate of drug-likeness (QED) is 0.107. The van der Waals surface area contributed by atoms with E-state index in [4.69, 9.17) is 14.2 Å². The predicted molar refractivity (Wildman–Crippen MR) is 135 cm³/mol. The summed E-state index contributed by atoms with van der Waals surface area (Å²) in [6, 6.07) is 15.8. The summed E-state index contributed by atoms with van der Waals surface area (Å²) in [5, 5.41) is 0. The number of unbranched alkanes of at least 4 members (excludes halogenated alkanes) is 5. The van der Waals surface area contributed by atoms with Gasteiger partial charge in [-0.1, -0.05) is 50.5 Å². The zero-order valence-corrected chi connectivity index (χ0v) is 20.2. The van der Waals surface area contributed by atoms with Crippen LogP contribution in [0.1, 0.15) is 45.4 Å². The third-order valence-corrected chi connectivity index (χ3v) is 5.38. The molecule has 0 spiro atoms. The average molecular weight is 478 g/mol. The second kappa shape index (κ2) is 13.9. The topological polar surface area (TPSA) is 57.7 Å². The Kier molecular flexibility index (Phi) is 10.3. The molecule has 5 nitrogen and oxygen atoms in total. The maximum Gasteiger partial charge on any atom is 0.338 e. The van der Waals surface area contributed by atoms with Crippen molar-refractivity contribution in [1.29, 1.82) is 0 Å². The van der Waals surface area contributed by atoms with Crippen molar-refractivity contribution < 1.29 is 23.4 Å². The van der Waals surface area contributed by atoms with Gasteiger partial charge in [0.1, 0.15) is 11.5 Å². The van der Waals surface area contributed by atoms with Gasteiger partial charge in [-0.05, 0) is 67.3 Å². The van der Waals surface area contributed by atoms with E-state index >= 15 is 0 Å². The van der Waals surface area contributed by atoms with E-state index in [9.17, 15) is 9.18 Å². The second-order valence-corrected chi connectivity index (χ2v) is 8.35. The number of halogens is 1. The smallest absolute Gasteiger partial charge is 0.338 e. The molecule has 0 aliphatic carbocycles. The number of rotatable bonds is 14. The summed E-state index contributed by atoms with van der Waals surface area (Å²) in [7, 11) is 0. The molecule has 3 aromatic rings. The van der Waals surface area contributed by atoms with Crippen LogP contribution in [0.5, 0.6) is 17.2 Å². The van der Waals surface area contributed by atoms with Crippen LogP contribution in [0.4, 0.5) is 4.39 Å². The van der Waals surface area contributed by atoms with E-state index in [1.807, 2.05) is 36.4 Å². The lowest BCUT2D eigenvalue weighted by molar-refractivity contribution is -0.130. The number of carbonyl (C=O) groups excluding carboxylic acids is 1. The summed E-state index contributed by atoms with van der Waals surface area (Å²) in [6.07, 6.45) is 10.2. The fourth-order valence-electron chi connectivity index (χ4n) is 3.42. The van der Waals surface area contributed by atoms with Crippen LogP contribution in [-0.2, 0) is 4.79 Å². The van der Waals surface area contributed by atoms with Crippen LogP contribution in [0, 0.1) is 5.82 Å². The Bertz CT molecular complexity index is 1080. The fraction of sp³-hybridized carbons (Fsp3) is 0.310. The lowest BCUT2D eigenvalue weighted by atomic mass is 10.1. The SMILES string of the molecule is C=C(C)C(=O)Oc1ccc(-c2ccc(OCCCCCCCCOc3cccnc3)cc2)cc1F. The van der Waals surface area contributed by atoms with E-state index in [0.29, 0.717) is 12.2 Å². The van der Waals surface area contributed by atoms with E-state index < -0.39 is 11.8 Å². The molecule has 0 N–H and O–H groups in total. The number of benzene rings is 2. The number of aromatic nitrogens is 1. The lowest BCUT2D eigenvalue weighted by Gasteiger charge is -2.09. The minimum absolute atomic E-state index is 0.111. The zero-order chi connectivity index (χ0) is 24.9. The summed E-state index contributed by atoms with van der Waals surface area (Å²) in [6.45, 7) is 6.41. The molecule has 0 saturated carbocycles. The average Bonchev–Trinajstić information content (AvgIpc) is 2.87. The van der Waals surface area contributed by atoms with Gasteiger partial charge in [0.2, 0.25) is 0 Å². The van der Waals surface area contributed by atoms with Crippen molar-refractivity contribution in [1.82, 2.24) is 4.98 Å². The number of carbonyl (C=O) groups is 1. The van der Waals surface area contributed by atoms with E-state index in [0.717, 1.165) is 49.4 Å². The molecule has 2 aromatic carbocycles. The Morgan fingerprint density at radius 3 is 2.09 bits per heavy atom. The van der Waals surface area contributed by atoms with Crippen LogP contribution in [0.3, 0.4) is 0 Å². The van der Waals surface area contributed by atoms with Gasteiger partial charge >= 0.3 is 5.97 Å². The maximum atomic E-state index is 14.3. The van der Waals surface area contributed by atoms with Gasteiger partial charge in [0.15, 0.2) is 11.6 Å². The highest BCUT2D eigenvalue weighted by atomic mass is 19.1. The number of hydrogen-bond donors (Lipinski definition) is 0. The molecule has 0 radical (unpaired) electrons. The number of hydrogen-bond acceptors (Lipinski definition) is 5. The van der Waals surface area contributed by atoms with Gasteiger partial charge in [-0.15, -0.1) is 0 Å². The first kappa shape index (κ1) is 25.9. The third-order valence-electron chi connectivity index (χ3n) is 5.38. The summed E-state index contributed by atoms with van der Waals surface area (Å²) >= 11 is 0. The Labute approximate surface area is 206 Å². The van der Waals surface area contributed by atoms with E-state index in [1.165, 1.54) is 31.9 Å². The summed E-state index contributed by atoms with van der Waals surface area (Å²) < 4.78 is 30.8. The standard InChI is InChI=1S/C29H32FNO4/c1-22(2)29(32)35-28-16-13-24(20-27(28)30)23-11-14-25(15-12-23)33-18-7-5-3-4-6-8-19-34-26-10-9-17-31-21-26/h9-17,20-21H,1,3-8,18-19H2,2H3. The highest BCUT2D eigenvalue weighted by Crippen LogP contribution is 2.27. The van der Waals surface area contributed by atoms with Crippen LogP contribution >= 0.6 is 0 Å². The number of nitrogens with zero attached hydrogens (tertiary/aromatic N) is 1. The summed E-state index contributed by atoms with van der Waals surface area (Å²) in [5.41, 5.74) is 1.75. The first-order chi connectivity index (χ1) is 17.0. The zero-order valence-electron chi connectivity index (χ0n) is 20.2. The van der Waals surface area contributed by atoms with Crippen LogP contribution in [0.25, 0.3) is 11.1 Å². The van der Waals surface area contributed by atoms with Gasteiger partial charge in [-0.25, -0.2) is 9.18 Å². The molecule has 6 heteroatoms. The fourth-order valence-corrected chi connectivity index (χ4v) is 3.42. The van der Waals surface area contributed by atoms with Gasteiger partial charge in [-0.3, -0.25) is 4.98 Å². The summed E-state index contributed by atoms with van der Waals surface area (Å²) in [4.78, 5) is 15.6. The molecule has 0 bridgehead atoms. The minimum Gasteiger partial charge on any atom is -0.494 e. The molecule has 0 unspecified atom stereocenters. The Hall–Kier alpha value is -3.67. The van der Waals surface area contributed by atoms with Crippen LogP contribution in [0.15, 0.2) is 79.1 Å². The number of ether oxygens (including phenoxy) is 3. The maximum absolute atomic E-state index is 14.3. The van der Waals surface area contributed by atoms with Gasteiger partial charge in [0, 0.05) is 11.8 Å². The van der Waals surface area contributed by atoms with Gasteiger partial charge in [0.25, 0.3) is 0 Å². The van der Waals surface area contributed by atoms with Crippen molar-refractivity contribution in [2.75, 3.05) is 13.2 Å². The van der Waals surface area contributed by atoms with Crippen molar-refractivity contribution in [3.63, 3.8) is 0 Å². The highest BCUT2D eigenvalue weighted by molar-refractivity contribution is 5.88. The number of pyridine rings is 1. The molecule has 0 fully saturated rings. The molecule has 1 heterocycles. The van der Waals surface area contributed by atoms with E-state index in [1.54, 1.807) is 18.5 Å². The minimum atomic E-state index is -0.649. The molecular weight excluding hydrogens is 445 g/mol. The predicted octanol–water partition coefficient (Wildman–Crippen LogP) is 7.17. The molecule has 0 saturated heterocycles. The van der Waals surface area contributed by atoms with Crippen LogP contribution in [-0.4, -0.2) is 24.2 Å². The van der Waals surface area contributed by atoms with Crippen molar-refractivity contribution in [2.45, 2.75) is 45.4 Å². The van der Waals surface area contributed by atoms with Crippen LogP contribution in [0.2, 0.25) is 0 Å². The van der Waals surface area contributed by atoms with Crippen molar-refractivity contribution in [2.24, 2.45) is 0 Å². The molecule has 0 amide bonds. The first-order valence-corrected chi connectivity index (χ1v) is 12.0. The first-order valence-electron chi connectivity index (χ1n) is 12.0. The van der Waals surface area contributed by atoms with E-state index in [-0.39, 0.29) is 11.3 Å². The molecule has 0 atom stereocenters. The molecule has 0 aliphatic rings. The van der Waals surface area contributed by atoms with Gasteiger partial charge in [0.05, 0.1) is 19.4 Å². The van der Waals surface area contributed by atoms with Crippen molar-refractivity contribution in [3.8, 4) is 28.4 Å². The molecule has 1 aromatic heterocycles.